The highest BCUT2D eigenvalue weighted by atomic mass is 32.1. The van der Waals surface area contributed by atoms with E-state index < -0.39 is 0 Å². The Morgan fingerprint density at radius 1 is 1.11 bits per heavy atom. The van der Waals surface area contributed by atoms with Crippen molar-refractivity contribution in [1.29, 1.82) is 0 Å². The number of aryl methyl sites for hydroxylation is 1. The maximum Gasteiger partial charge on any atom is 0.216 e. The van der Waals surface area contributed by atoms with E-state index in [0.717, 1.165) is 32.6 Å². The second-order valence-electron chi connectivity index (χ2n) is 6.31. The van der Waals surface area contributed by atoms with Crippen molar-refractivity contribution in [1.82, 2.24) is 15.0 Å². The molecule has 0 aliphatic heterocycles. The molecular formula is C21H20N4OS. The molecule has 0 aliphatic rings. The van der Waals surface area contributed by atoms with E-state index in [1.165, 1.54) is 5.56 Å². The Bertz CT molecular complexity index is 1110. The third-order valence-electron chi connectivity index (χ3n) is 4.25. The maximum atomic E-state index is 6.24. The molecule has 3 heterocycles. The van der Waals surface area contributed by atoms with Crippen LogP contribution in [0.4, 0.5) is 5.82 Å². The van der Waals surface area contributed by atoms with Crippen LogP contribution in [-0.2, 0) is 6.42 Å². The van der Waals surface area contributed by atoms with Crippen LogP contribution in [0.5, 0.6) is 5.88 Å². The summed E-state index contributed by atoms with van der Waals surface area (Å²) in [6, 6.07) is 14.2. The van der Waals surface area contributed by atoms with Crippen LogP contribution in [-0.4, -0.2) is 21.6 Å². The van der Waals surface area contributed by atoms with Gasteiger partial charge in [0, 0.05) is 28.6 Å². The zero-order chi connectivity index (χ0) is 18.8. The number of nitrogen functional groups attached to an aromatic ring is 1. The molecule has 3 aromatic heterocycles. The summed E-state index contributed by atoms with van der Waals surface area (Å²) in [5, 5.41) is 0.897. The topological polar surface area (TPSA) is 73.9 Å². The molecule has 5 nitrogen and oxygen atoms in total. The molecule has 0 bridgehead atoms. The predicted octanol–water partition coefficient (Wildman–Crippen LogP) is 4.63. The second kappa shape index (κ2) is 7.32. The van der Waals surface area contributed by atoms with E-state index in [0.29, 0.717) is 24.1 Å². The Labute approximate surface area is 161 Å². The number of hydrogen-bond donors (Lipinski definition) is 1. The smallest absolute Gasteiger partial charge is 0.216 e. The lowest BCUT2D eigenvalue weighted by Crippen LogP contribution is -1.99. The summed E-state index contributed by atoms with van der Waals surface area (Å²) < 4.78 is 5.64. The molecule has 0 atom stereocenters. The van der Waals surface area contributed by atoms with Gasteiger partial charge >= 0.3 is 0 Å². The highest BCUT2D eigenvalue weighted by Gasteiger charge is 2.13. The highest BCUT2D eigenvalue weighted by molar-refractivity contribution is 7.18. The van der Waals surface area contributed by atoms with Gasteiger partial charge in [-0.25, -0.2) is 15.0 Å². The highest BCUT2D eigenvalue weighted by Crippen LogP contribution is 2.32. The lowest BCUT2D eigenvalue weighted by Gasteiger charge is -2.07. The first kappa shape index (κ1) is 17.4. The first-order valence-corrected chi connectivity index (χ1v) is 9.65. The SMILES string of the molecule is CCOc1ncccc1Cc1cc2c(N)nc(-c3cccc(C)c3)nc2s1. The van der Waals surface area contributed by atoms with Gasteiger partial charge in [-0.05, 0) is 32.0 Å². The Morgan fingerprint density at radius 3 is 2.81 bits per heavy atom. The fourth-order valence-electron chi connectivity index (χ4n) is 3.01. The number of thiophene rings is 1. The van der Waals surface area contributed by atoms with Gasteiger partial charge in [-0.15, -0.1) is 11.3 Å². The lowest BCUT2D eigenvalue weighted by molar-refractivity contribution is 0.323. The number of nitrogens with two attached hydrogens (primary N) is 1. The Morgan fingerprint density at radius 2 is 2.00 bits per heavy atom. The van der Waals surface area contributed by atoms with Gasteiger partial charge in [-0.1, -0.05) is 29.8 Å². The van der Waals surface area contributed by atoms with E-state index in [1.54, 1.807) is 17.5 Å². The molecule has 0 aliphatic carbocycles. The molecule has 0 spiro atoms. The molecule has 0 saturated carbocycles. The summed E-state index contributed by atoms with van der Waals surface area (Å²) in [4.78, 5) is 15.6. The predicted molar refractivity (Wildman–Crippen MR) is 110 cm³/mol. The molecule has 4 rings (SSSR count). The van der Waals surface area contributed by atoms with E-state index in [2.05, 4.69) is 35.1 Å². The Balaban J connectivity index is 1.72. The number of aromatic nitrogens is 3. The zero-order valence-corrected chi connectivity index (χ0v) is 16.1. The average molecular weight is 376 g/mol. The molecule has 0 fully saturated rings. The number of fused-ring (bicyclic) bond motifs is 1. The van der Waals surface area contributed by atoms with Crippen molar-refractivity contribution in [3.63, 3.8) is 0 Å². The quantitative estimate of drug-likeness (QED) is 0.549. The van der Waals surface area contributed by atoms with Crippen LogP contribution < -0.4 is 10.5 Å². The number of ether oxygens (including phenoxy) is 1. The average Bonchev–Trinajstić information content (AvgIpc) is 3.07. The van der Waals surface area contributed by atoms with Gasteiger partial charge in [0.05, 0.1) is 12.0 Å². The molecule has 27 heavy (non-hydrogen) atoms. The summed E-state index contributed by atoms with van der Waals surface area (Å²) in [7, 11) is 0. The van der Waals surface area contributed by atoms with Crippen LogP contribution >= 0.6 is 11.3 Å². The molecule has 0 unspecified atom stereocenters. The normalized spacial score (nSPS) is 11.0. The van der Waals surface area contributed by atoms with Crippen molar-refractivity contribution >= 4 is 27.4 Å². The molecule has 0 amide bonds. The molecule has 6 heteroatoms. The van der Waals surface area contributed by atoms with Crippen LogP contribution in [0.15, 0.2) is 48.7 Å². The molecule has 0 saturated heterocycles. The van der Waals surface area contributed by atoms with E-state index in [9.17, 15) is 0 Å². The third kappa shape index (κ3) is 3.61. The van der Waals surface area contributed by atoms with Crippen LogP contribution in [0.2, 0.25) is 0 Å². The number of nitrogens with zero attached hydrogens (tertiary/aromatic N) is 3. The van der Waals surface area contributed by atoms with Gasteiger partial charge < -0.3 is 10.5 Å². The van der Waals surface area contributed by atoms with E-state index >= 15 is 0 Å². The maximum absolute atomic E-state index is 6.24. The first-order valence-electron chi connectivity index (χ1n) is 8.83. The summed E-state index contributed by atoms with van der Waals surface area (Å²) >= 11 is 1.63. The van der Waals surface area contributed by atoms with Gasteiger partial charge in [0.1, 0.15) is 10.6 Å². The van der Waals surface area contributed by atoms with Crippen LogP contribution in [0.3, 0.4) is 0 Å². The summed E-state index contributed by atoms with van der Waals surface area (Å²) in [5.74, 6) is 1.85. The first-order chi connectivity index (χ1) is 13.1. The number of hydrogen-bond acceptors (Lipinski definition) is 6. The largest absolute Gasteiger partial charge is 0.478 e. The lowest BCUT2D eigenvalue weighted by atomic mass is 10.1. The molecule has 136 valence electrons. The third-order valence-corrected chi connectivity index (χ3v) is 5.27. The number of pyridine rings is 1. The number of benzene rings is 1. The van der Waals surface area contributed by atoms with Crippen molar-refractivity contribution in [3.05, 3.63) is 64.7 Å². The van der Waals surface area contributed by atoms with Crippen LogP contribution in [0.1, 0.15) is 22.9 Å². The van der Waals surface area contributed by atoms with E-state index in [-0.39, 0.29) is 0 Å². The van der Waals surface area contributed by atoms with Gasteiger partial charge in [-0.2, -0.15) is 0 Å². The minimum Gasteiger partial charge on any atom is -0.478 e. The fourth-order valence-corrected chi connectivity index (χ4v) is 4.07. The molecule has 4 aromatic rings. The molecule has 2 N–H and O–H groups in total. The standard InChI is InChI=1S/C21H20N4OS/c1-3-26-20-15(8-5-9-23-20)11-16-12-17-18(22)24-19(25-21(17)27-16)14-7-4-6-13(2)10-14/h4-10,12H,3,11H2,1-2H3,(H2,22,24,25). The monoisotopic (exact) mass is 376 g/mol. The summed E-state index contributed by atoms with van der Waals surface area (Å²) in [5.41, 5.74) is 9.43. The van der Waals surface area contributed by atoms with Crippen LogP contribution in [0, 0.1) is 6.92 Å². The number of rotatable bonds is 5. The minimum atomic E-state index is 0.509. The summed E-state index contributed by atoms with van der Waals surface area (Å²) in [6.07, 6.45) is 2.47. The van der Waals surface area contributed by atoms with Gasteiger partial charge in [0.15, 0.2) is 5.82 Å². The number of anilines is 1. The van der Waals surface area contributed by atoms with Crippen molar-refractivity contribution in [3.8, 4) is 17.3 Å². The molecule has 0 radical (unpaired) electrons. The van der Waals surface area contributed by atoms with Gasteiger partial charge in [-0.3, -0.25) is 0 Å². The van der Waals surface area contributed by atoms with Crippen molar-refractivity contribution < 1.29 is 4.74 Å². The minimum absolute atomic E-state index is 0.509. The second-order valence-corrected chi connectivity index (χ2v) is 7.43. The Kier molecular flexibility index (Phi) is 4.73. The van der Waals surface area contributed by atoms with E-state index in [1.807, 2.05) is 31.2 Å². The van der Waals surface area contributed by atoms with E-state index in [4.69, 9.17) is 15.5 Å². The Hall–Kier alpha value is -2.99. The zero-order valence-electron chi connectivity index (χ0n) is 15.3. The van der Waals surface area contributed by atoms with Crippen molar-refractivity contribution in [2.75, 3.05) is 12.3 Å². The van der Waals surface area contributed by atoms with Gasteiger partial charge in [0.2, 0.25) is 5.88 Å². The van der Waals surface area contributed by atoms with Gasteiger partial charge in [0.25, 0.3) is 0 Å². The molecular weight excluding hydrogens is 356 g/mol. The van der Waals surface area contributed by atoms with Crippen LogP contribution in [0.25, 0.3) is 21.6 Å². The fraction of sp³-hybridized carbons (Fsp3) is 0.190. The van der Waals surface area contributed by atoms with Crippen molar-refractivity contribution in [2.24, 2.45) is 0 Å². The van der Waals surface area contributed by atoms with Crippen molar-refractivity contribution in [2.45, 2.75) is 20.3 Å². The summed E-state index contributed by atoms with van der Waals surface area (Å²) in [6.45, 7) is 4.61. The molecule has 1 aromatic carbocycles.